The van der Waals surface area contributed by atoms with E-state index in [9.17, 15) is 9.59 Å². The summed E-state index contributed by atoms with van der Waals surface area (Å²) in [6.07, 6.45) is 2.09. The second kappa shape index (κ2) is 8.29. The lowest BCUT2D eigenvalue weighted by molar-refractivity contribution is -0.142. The standard InChI is InChI=1S/C16H24N2O3/c1-4-5-14(16(20)21)17-15(19)11-8-12-6-9-13(10-7-12)18(2)3/h6-7,9-10,14H,4-5,8,11H2,1-3H3,(H,17,19)(H,20,21). The van der Waals surface area contributed by atoms with Gasteiger partial charge in [0.05, 0.1) is 0 Å². The normalized spacial score (nSPS) is 11.8. The minimum atomic E-state index is -0.972. The Balaban J connectivity index is 2.46. The van der Waals surface area contributed by atoms with Gasteiger partial charge in [-0.2, -0.15) is 0 Å². The van der Waals surface area contributed by atoms with Crippen LogP contribution in [-0.2, 0) is 16.0 Å². The third kappa shape index (κ3) is 5.85. The van der Waals surface area contributed by atoms with Crippen LogP contribution in [0.15, 0.2) is 24.3 Å². The van der Waals surface area contributed by atoms with Crippen LogP contribution in [0.2, 0.25) is 0 Å². The zero-order valence-electron chi connectivity index (χ0n) is 12.9. The molecule has 1 atom stereocenters. The first-order chi connectivity index (χ1) is 9.93. The molecule has 0 aliphatic heterocycles. The van der Waals surface area contributed by atoms with Crippen molar-refractivity contribution in [2.45, 2.75) is 38.6 Å². The molecule has 1 amide bonds. The SMILES string of the molecule is CCCC(NC(=O)CCc1ccc(N(C)C)cc1)C(=O)O. The molecule has 0 fully saturated rings. The van der Waals surface area contributed by atoms with E-state index in [2.05, 4.69) is 5.32 Å². The quantitative estimate of drug-likeness (QED) is 0.769. The summed E-state index contributed by atoms with van der Waals surface area (Å²) in [7, 11) is 3.95. The number of hydrogen-bond donors (Lipinski definition) is 2. The molecule has 0 aliphatic rings. The van der Waals surface area contributed by atoms with Crippen molar-refractivity contribution in [3.8, 4) is 0 Å². The Bertz CT molecular complexity index is 469. The van der Waals surface area contributed by atoms with Crippen molar-refractivity contribution in [1.29, 1.82) is 0 Å². The molecule has 5 nitrogen and oxygen atoms in total. The number of hydrogen-bond acceptors (Lipinski definition) is 3. The highest BCUT2D eigenvalue weighted by Crippen LogP contribution is 2.13. The van der Waals surface area contributed by atoms with Gasteiger partial charge < -0.3 is 15.3 Å². The number of carboxylic acids is 1. The Morgan fingerprint density at radius 2 is 1.86 bits per heavy atom. The van der Waals surface area contributed by atoms with Gasteiger partial charge in [-0.25, -0.2) is 4.79 Å². The van der Waals surface area contributed by atoms with Crippen LogP contribution in [-0.4, -0.2) is 37.1 Å². The molecule has 116 valence electrons. The van der Waals surface area contributed by atoms with E-state index in [1.165, 1.54) is 0 Å². The second-order valence-corrected chi connectivity index (χ2v) is 5.31. The van der Waals surface area contributed by atoms with Crippen LogP contribution >= 0.6 is 0 Å². The average Bonchev–Trinajstić information content (AvgIpc) is 2.45. The first kappa shape index (κ1) is 17.0. The van der Waals surface area contributed by atoms with Crippen LogP contribution in [0.5, 0.6) is 0 Å². The summed E-state index contributed by atoms with van der Waals surface area (Å²) in [4.78, 5) is 24.8. The number of aryl methyl sites for hydroxylation is 1. The fraction of sp³-hybridized carbons (Fsp3) is 0.500. The van der Waals surface area contributed by atoms with Crippen molar-refractivity contribution in [2.75, 3.05) is 19.0 Å². The topological polar surface area (TPSA) is 69.6 Å². The third-order valence-corrected chi connectivity index (χ3v) is 3.30. The van der Waals surface area contributed by atoms with E-state index in [1.807, 2.05) is 50.2 Å². The van der Waals surface area contributed by atoms with E-state index in [1.54, 1.807) is 0 Å². The molecule has 1 unspecified atom stereocenters. The molecule has 21 heavy (non-hydrogen) atoms. The maximum absolute atomic E-state index is 11.8. The molecule has 0 bridgehead atoms. The lowest BCUT2D eigenvalue weighted by Gasteiger charge is -2.14. The zero-order chi connectivity index (χ0) is 15.8. The summed E-state index contributed by atoms with van der Waals surface area (Å²) in [6, 6.07) is 7.21. The fourth-order valence-electron chi connectivity index (χ4n) is 2.03. The number of carbonyl (C=O) groups excluding carboxylic acids is 1. The molecule has 0 aromatic heterocycles. The Kier molecular flexibility index (Phi) is 6.72. The highest BCUT2D eigenvalue weighted by Gasteiger charge is 2.18. The molecular weight excluding hydrogens is 268 g/mol. The molecule has 0 radical (unpaired) electrons. The summed E-state index contributed by atoms with van der Waals surface area (Å²) >= 11 is 0. The maximum atomic E-state index is 11.8. The summed E-state index contributed by atoms with van der Waals surface area (Å²) < 4.78 is 0. The van der Waals surface area contributed by atoms with Crippen LogP contribution in [0.25, 0.3) is 0 Å². The van der Waals surface area contributed by atoms with Crippen LogP contribution in [0.1, 0.15) is 31.7 Å². The lowest BCUT2D eigenvalue weighted by Crippen LogP contribution is -2.40. The number of carboxylic acid groups (broad SMARTS) is 1. The molecule has 2 N–H and O–H groups in total. The predicted octanol–water partition coefficient (Wildman–Crippen LogP) is 2.05. The van der Waals surface area contributed by atoms with Crippen LogP contribution in [0.3, 0.4) is 0 Å². The first-order valence-electron chi connectivity index (χ1n) is 7.22. The summed E-state index contributed by atoms with van der Waals surface area (Å²) in [6.45, 7) is 1.90. The van der Waals surface area contributed by atoms with Crippen molar-refractivity contribution >= 4 is 17.6 Å². The van der Waals surface area contributed by atoms with E-state index < -0.39 is 12.0 Å². The molecule has 0 heterocycles. The van der Waals surface area contributed by atoms with Gasteiger partial charge in [0.25, 0.3) is 0 Å². The number of amides is 1. The number of nitrogens with zero attached hydrogens (tertiary/aromatic N) is 1. The van der Waals surface area contributed by atoms with E-state index >= 15 is 0 Å². The first-order valence-corrected chi connectivity index (χ1v) is 7.22. The number of anilines is 1. The highest BCUT2D eigenvalue weighted by molar-refractivity contribution is 5.83. The minimum Gasteiger partial charge on any atom is -0.480 e. The number of carbonyl (C=O) groups is 2. The van der Waals surface area contributed by atoms with Gasteiger partial charge in [-0.15, -0.1) is 0 Å². The Morgan fingerprint density at radius 3 is 2.33 bits per heavy atom. The van der Waals surface area contributed by atoms with E-state index in [0.29, 0.717) is 19.3 Å². The van der Waals surface area contributed by atoms with Gasteiger partial charge in [0, 0.05) is 26.2 Å². The summed E-state index contributed by atoms with van der Waals surface area (Å²) in [5, 5.41) is 11.6. The minimum absolute atomic E-state index is 0.215. The highest BCUT2D eigenvalue weighted by atomic mass is 16.4. The Labute approximate surface area is 126 Å². The molecule has 0 saturated carbocycles. The number of benzene rings is 1. The molecular formula is C16H24N2O3. The maximum Gasteiger partial charge on any atom is 0.326 e. The van der Waals surface area contributed by atoms with Crippen molar-refractivity contribution in [1.82, 2.24) is 5.32 Å². The molecule has 1 aromatic carbocycles. The Hall–Kier alpha value is -2.04. The molecule has 0 saturated heterocycles. The van der Waals surface area contributed by atoms with Crippen LogP contribution < -0.4 is 10.2 Å². The van der Waals surface area contributed by atoms with Crippen LogP contribution in [0, 0.1) is 0 Å². The van der Waals surface area contributed by atoms with Gasteiger partial charge >= 0.3 is 5.97 Å². The van der Waals surface area contributed by atoms with Crippen molar-refractivity contribution in [2.24, 2.45) is 0 Å². The average molecular weight is 292 g/mol. The number of rotatable bonds is 8. The van der Waals surface area contributed by atoms with Crippen molar-refractivity contribution in [3.63, 3.8) is 0 Å². The largest absolute Gasteiger partial charge is 0.480 e. The van der Waals surface area contributed by atoms with Gasteiger partial charge in [-0.1, -0.05) is 25.5 Å². The summed E-state index contributed by atoms with van der Waals surface area (Å²) in [5.41, 5.74) is 2.18. The summed E-state index contributed by atoms with van der Waals surface area (Å²) in [5.74, 6) is -1.19. The molecule has 0 aliphatic carbocycles. The van der Waals surface area contributed by atoms with Gasteiger partial charge in [-0.3, -0.25) is 4.79 Å². The Morgan fingerprint density at radius 1 is 1.24 bits per heavy atom. The van der Waals surface area contributed by atoms with Crippen LogP contribution in [0.4, 0.5) is 5.69 Å². The van der Waals surface area contributed by atoms with E-state index in [0.717, 1.165) is 17.7 Å². The third-order valence-electron chi connectivity index (χ3n) is 3.30. The molecule has 0 spiro atoms. The number of nitrogens with one attached hydrogen (secondary N) is 1. The smallest absolute Gasteiger partial charge is 0.326 e. The zero-order valence-corrected chi connectivity index (χ0v) is 12.9. The van der Waals surface area contributed by atoms with Gasteiger partial charge in [0.1, 0.15) is 6.04 Å². The van der Waals surface area contributed by atoms with E-state index in [-0.39, 0.29) is 5.91 Å². The van der Waals surface area contributed by atoms with Gasteiger partial charge in [-0.05, 0) is 30.5 Å². The second-order valence-electron chi connectivity index (χ2n) is 5.31. The number of aliphatic carboxylic acids is 1. The monoisotopic (exact) mass is 292 g/mol. The molecule has 5 heteroatoms. The van der Waals surface area contributed by atoms with Crippen molar-refractivity contribution < 1.29 is 14.7 Å². The van der Waals surface area contributed by atoms with Gasteiger partial charge in [0.15, 0.2) is 0 Å². The van der Waals surface area contributed by atoms with Crippen molar-refractivity contribution in [3.05, 3.63) is 29.8 Å². The van der Waals surface area contributed by atoms with E-state index in [4.69, 9.17) is 5.11 Å². The predicted molar refractivity (Wildman–Crippen MR) is 83.6 cm³/mol. The lowest BCUT2D eigenvalue weighted by atomic mass is 10.1. The fourth-order valence-corrected chi connectivity index (χ4v) is 2.03. The van der Waals surface area contributed by atoms with Gasteiger partial charge in [0.2, 0.25) is 5.91 Å². The molecule has 1 aromatic rings. The molecule has 1 rings (SSSR count).